The second-order valence-electron chi connectivity index (χ2n) is 9.28. The predicted molar refractivity (Wildman–Crippen MR) is 106 cm³/mol. The lowest BCUT2D eigenvalue weighted by atomic mass is 9.69. The molecule has 0 aromatic carbocycles. The standard InChI is InChI=1S/C21H29NO6S/c1-4-5-6-15(23)10-16(24)11-17(25)12-19(26)22-18-9-14-7-8-21(18,20(14,2)3)13-29(22,27)28/h4,14,18H,1,5-13H2,2-3H3. The van der Waals surface area contributed by atoms with Crippen LogP contribution >= 0.6 is 0 Å². The van der Waals surface area contributed by atoms with Crippen molar-refractivity contribution >= 4 is 33.3 Å². The Labute approximate surface area is 171 Å². The summed E-state index contributed by atoms with van der Waals surface area (Å²) < 4.78 is 26.6. The van der Waals surface area contributed by atoms with E-state index in [2.05, 4.69) is 20.4 Å². The van der Waals surface area contributed by atoms with Crippen LogP contribution in [-0.2, 0) is 29.2 Å². The molecule has 3 fully saturated rings. The third-order valence-corrected chi connectivity index (χ3v) is 9.36. The molecular weight excluding hydrogens is 394 g/mol. The first-order valence-electron chi connectivity index (χ1n) is 10.2. The number of sulfonamides is 1. The number of fused-ring (bicyclic) bond motifs is 1. The molecule has 2 saturated carbocycles. The average molecular weight is 424 g/mol. The second kappa shape index (κ2) is 7.45. The average Bonchev–Trinajstić information content (AvgIpc) is 3.06. The molecule has 1 amide bonds. The van der Waals surface area contributed by atoms with Gasteiger partial charge in [-0.1, -0.05) is 19.9 Å². The van der Waals surface area contributed by atoms with Crippen molar-refractivity contribution in [3.63, 3.8) is 0 Å². The van der Waals surface area contributed by atoms with Gasteiger partial charge in [-0.2, -0.15) is 0 Å². The lowest BCUT2D eigenvalue weighted by Gasteiger charge is -2.37. The van der Waals surface area contributed by atoms with Crippen molar-refractivity contribution in [3.8, 4) is 0 Å². The Hall–Kier alpha value is -1.83. The summed E-state index contributed by atoms with van der Waals surface area (Å²) in [5.41, 5.74) is -0.603. The van der Waals surface area contributed by atoms with Gasteiger partial charge in [0, 0.05) is 11.8 Å². The molecule has 0 aromatic heterocycles. The van der Waals surface area contributed by atoms with Crippen LogP contribution in [0.5, 0.6) is 0 Å². The van der Waals surface area contributed by atoms with Crippen LogP contribution in [0.3, 0.4) is 0 Å². The van der Waals surface area contributed by atoms with E-state index in [1.807, 2.05) is 0 Å². The summed E-state index contributed by atoms with van der Waals surface area (Å²) in [5, 5.41) is 0. The first kappa shape index (κ1) is 21.9. The lowest BCUT2D eigenvalue weighted by Crippen LogP contribution is -2.44. The van der Waals surface area contributed by atoms with Crippen molar-refractivity contribution in [2.24, 2.45) is 16.7 Å². The van der Waals surface area contributed by atoms with Gasteiger partial charge >= 0.3 is 0 Å². The van der Waals surface area contributed by atoms with E-state index in [4.69, 9.17) is 0 Å². The highest BCUT2D eigenvalue weighted by atomic mass is 32.2. The summed E-state index contributed by atoms with van der Waals surface area (Å²) in [6.45, 7) is 7.67. The van der Waals surface area contributed by atoms with Crippen molar-refractivity contribution in [1.82, 2.24) is 4.31 Å². The molecule has 0 radical (unpaired) electrons. The zero-order valence-corrected chi connectivity index (χ0v) is 17.9. The van der Waals surface area contributed by atoms with E-state index >= 15 is 0 Å². The number of allylic oxidation sites excluding steroid dienone is 1. The highest BCUT2D eigenvalue weighted by molar-refractivity contribution is 7.90. The Bertz CT molecular complexity index is 874. The minimum absolute atomic E-state index is 0.0508. The van der Waals surface area contributed by atoms with Gasteiger partial charge in [0.25, 0.3) is 0 Å². The monoisotopic (exact) mass is 423 g/mol. The lowest BCUT2D eigenvalue weighted by molar-refractivity contribution is -0.134. The summed E-state index contributed by atoms with van der Waals surface area (Å²) in [6, 6.07) is -0.391. The fourth-order valence-electron chi connectivity index (χ4n) is 5.78. The maximum Gasteiger partial charge on any atom is 0.243 e. The summed E-state index contributed by atoms with van der Waals surface area (Å²) in [4.78, 5) is 48.5. The molecule has 3 atom stereocenters. The molecule has 1 heterocycles. The molecule has 2 aliphatic carbocycles. The van der Waals surface area contributed by atoms with Crippen molar-refractivity contribution in [2.75, 3.05) is 5.75 Å². The molecule has 0 aromatic rings. The first-order valence-corrected chi connectivity index (χ1v) is 11.8. The second-order valence-corrected chi connectivity index (χ2v) is 11.1. The summed E-state index contributed by atoms with van der Waals surface area (Å²) in [5.74, 6) is -1.88. The van der Waals surface area contributed by atoms with E-state index in [0.29, 0.717) is 18.8 Å². The maximum absolute atomic E-state index is 12.8. The van der Waals surface area contributed by atoms with Gasteiger partial charge < -0.3 is 0 Å². The van der Waals surface area contributed by atoms with Crippen LogP contribution in [0.25, 0.3) is 0 Å². The Morgan fingerprint density at radius 1 is 1.07 bits per heavy atom. The van der Waals surface area contributed by atoms with Gasteiger partial charge in [0.2, 0.25) is 15.9 Å². The van der Waals surface area contributed by atoms with Gasteiger partial charge in [0.1, 0.15) is 17.3 Å². The van der Waals surface area contributed by atoms with Crippen molar-refractivity contribution in [2.45, 2.75) is 71.3 Å². The SMILES string of the molecule is C=CCCC(=O)CC(=O)CC(=O)CC(=O)N1C2CC3CCC2(CS1(=O)=O)C3(C)C. The number of nitrogens with zero attached hydrogens (tertiary/aromatic N) is 1. The van der Waals surface area contributed by atoms with Crippen molar-refractivity contribution < 1.29 is 27.6 Å². The fourth-order valence-corrected chi connectivity index (χ4v) is 8.33. The molecule has 1 spiro atoms. The molecule has 3 rings (SSSR count). The predicted octanol–water partition coefficient (Wildman–Crippen LogP) is 2.20. The number of amides is 1. The van der Waals surface area contributed by atoms with Crippen LogP contribution in [0.4, 0.5) is 0 Å². The van der Waals surface area contributed by atoms with Crippen LogP contribution in [0.15, 0.2) is 12.7 Å². The van der Waals surface area contributed by atoms with Crippen LogP contribution in [0, 0.1) is 16.7 Å². The molecular formula is C21H29NO6S. The van der Waals surface area contributed by atoms with Gasteiger partial charge in [0.15, 0.2) is 0 Å². The molecule has 7 nitrogen and oxygen atoms in total. The van der Waals surface area contributed by atoms with Gasteiger partial charge in [-0.25, -0.2) is 12.7 Å². The highest BCUT2D eigenvalue weighted by Gasteiger charge is 2.72. The molecule has 2 bridgehead atoms. The number of rotatable bonds is 9. The first-order chi connectivity index (χ1) is 13.4. The summed E-state index contributed by atoms with van der Waals surface area (Å²) in [6.07, 6.45) is 3.12. The number of carbonyl (C=O) groups excluding carboxylic acids is 4. The fraction of sp³-hybridized carbons (Fsp3) is 0.714. The van der Waals surface area contributed by atoms with Crippen LogP contribution in [-0.4, -0.2) is 47.8 Å². The third-order valence-electron chi connectivity index (χ3n) is 7.42. The van der Waals surface area contributed by atoms with E-state index in [-0.39, 0.29) is 29.8 Å². The van der Waals surface area contributed by atoms with Crippen molar-refractivity contribution in [3.05, 3.63) is 12.7 Å². The Morgan fingerprint density at radius 2 is 1.69 bits per heavy atom. The topological polar surface area (TPSA) is 106 Å². The van der Waals surface area contributed by atoms with Crippen LogP contribution < -0.4 is 0 Å². The largest absolute Gasteiger partial charge is 0.299 e. The van der Waals surface area contributed by atoms with E-state index in [0.717, 1.165) is 17.1 Å². The van der Waals surface area contributed by atoms with E-state index in [1.54, 1.807) is 6.08 Å². The summed E-state index contributed by atoms with van der Waals surface area (Å²) in [7, 11) is -3.78. The Kier molecular flexibility index (Phi) is 5.62. The smallest absolute Gasteiger partial charge is 0.243 e. The molecule has 0 N–H and O–H groups in total. The normalized spacial score (nSPS) is 30.8. The van der Waals surface area contributed by atoms with Crippen molar-refractivity contribution in [1.29, 1.82) is 0 Å². The maximum atomic E-state index is 12.8. The van der Waals surface area contributed by atoms with Gasteiger partial charge in [-0.15, -0.1) is 6.58 Å². The van der Waals surface area contributed by atoms with E-state index in [1.165, 1.54) is 0 Å². The highest BCUT2D eigenvalue weighted by Crippen LogP contribution is 2.69. The molecule has 1 saturated heterocycles. The van der Waals surface area contributed by atoms with Gasteiger partial charge in [-0.05, 0) is 37.0 Å². The number of carbonyl (C=O) groups is 4. The van der Waals surface area contributed by atoms with Gasteiger partial charge in [0.05, 0.1) is 31.1 Å². The number of ketones is 3. The van der Waals surface area contributed by atoms with E-state index in [9.17, 15) is 27.6 Å². The molecule has 3 unspecified atom stereocenters. The number of Topliss-reactive ketones (excluding diaryl/α,β-unsaturated/α-hetero) is 3. The Balaban J connectivity index is 1.64. The molecule has 160 valence electrons. The number of hydrogen-bond acceptors (Lipinski definition) is 6. The molecule has 8 heteroatoms. The minimum Gasteiger partial charge on any atom is -0.299 e. The minimum atomic E-state index is -3.78. The zero-order chi connectivity index (χ0) is 21.6. The molecule has 1 aliphatic heterocycles. The van der Waals surface area contributed by atoms with E-state index < -0.39 is 51.8 Å². The zero-order valence-electron chi connectivity index (χ0n) is 17.1. The van der Waals surface area contributed by atoms with Crippen LogP contribution in [0.1, 0.15) is 65.2 Å². The molecule has 3 aliphatic rings. The van der Waals surface area contributed by atoms with Gasteiger partial charge in [-0.3, -0.25) is 19.2 Å². The Morgan fingerprint density at radius 3 is 2.31 bits per heavy atom. The van der Waals surface area contributed by atoms with Crippen LogP contribution in [0.2, 0.25) is 0 Å². The third kappa shape index (κ3) is 3.60. The number of hydrogen-bond donors (Lipinski definition) is 0. The molecule has 29 heavy (non-hydrogen) atoms. The summed E-state index contributed by atoms with van der Waals surface area (Å²) >= 11 is 0. The quantitative estimate of drug-likeness (QED) is 0.416.